The van der Waals surface area contributed by atoms with Crippen LogP contribution in [0.2, 0.25) is 0 Å². The van der Waals surface area contributed by atoms with Gasteiger partial charge in [-0.3, -0.25) is 4.68 Å². The second kappa shape index (κ2) is 5.75. The molecule has 1 atom stereocenters. The first-order valence-corrected chi connectivity index (χ1v) is 6.86. The van der Waals surface area contributed by atoms with E-state index >= 15 is 0 Å². The van der Waals surface area contributed by atoms with E-state index in [1.807, 2.05) is 38.7 Å². The van der Waals surface area contributed by atoms with Crippen molar-refractivity contribution in [2.45, 2.75) is 33.2 Å². The summed E-state index contributed by atoms with van der Waals surface area (Å²) in [5, 5.41) is 7.80. The molecule has 0 aliphatic rings. The van der Waals surface area contributed by atoms with Crippen molar-refractivity contribution in [3.05, 3.63) is 52.1 Å². The summed E-state index contributed by atoms with van der Waals surface area (Å²) in [4.78, 5) is 0. The first-order valence-electron chi connectivity index (χ1n) is 6.86. The highest BCUT2D eigenvalue weighted by molar-refractivity contribution is 5.33. The molecule has 2 rings (SSSR count). The van der Waals surface area contributed by atoms with Crippen LogP contribution < -0.4 is 5.32 Å². The Morgan fingerprint density at radius 2 is 2.00 bits per heavy atom. The zero-order chi connectivity index (χ0) is 14.9. The zero-order valence-electron chi connectivity index (χ0n) is 12.8. The lowest BCUT2D eigenvalue weighted by molar-refractivity contribution is 0.576. The molecule has 0 saturated carbocycles. The molecule has 2 aromatic rings. The molecular weight excluding hydrogens is 253 g/mol. The number of rotatable bonds is 4. The van der Waals surface area contributed by atoms with Crippen LogP contribution in [0.4, 0.5) is 4.39 Å². The number of hydrogen-bond donors (Lipinski definition) is 1. The summed E-state index contributed by atoms with van der Waals surface area (Å²) in [7, 11) is 3.89. The van der Waals surface area contributed by atoms with Crippen molar-refractivity contribution in [2.75, 3.05) is 7.05 Å². The van der Waals surface area contributed by atoms with Crippen LogP contribution in [0, 0.1) is 26.6 Å². The Kier molecular flexibility index (Phi) is 4.23. The van der Waals surface area contributed by atoms with Crippen LogP contribution in [0.3, 0.4) is 0 Å². The Morgan fingerprint density at radius 3 is 2.55 bits per heavy atom. The van der Waals surface area contributed by atoms with Gasteiger partial charge >= 0.3 is 0 Å². The normalized spacial score (nSPS) is 12.7. The lowest BCUT2D eigenvalue weighted by Gasteiger charge is -2.18. The predicted octanol–water partition coefficient (Wildman–Crippen LogP) is 2.99. The number of hydrogen-bond acceptors (Lipinski definition) is 2. The van der Waals surface area contributed by atoms with Crippen LogP contribution in [-0.4, -0.2) is 16.8 Å². The van der Waals surface area contributed by atoms with Crippen LogP contribution in [0.1, 0.15) is 34.1 Å². The van der Waals surface area contributed by atoms with Crippen LogP contribution >= 0.6 is 0 Å². The van der Waals surface area contributed by atoms with Crippen molar-refractivity contribution in [1.29, 1.82) is 0 Å². The molecule has 0 aliphatic carbocycles. The fourth-order valence-electron chi connectivity index (χ4n) is 2.72. The first kappa shape index (κ1) is 14.7. The third-order valence-corrected chi connectivity index (χ3v) is 4.00. The molecule has 0 amide bonds. The summed E-state index contributed by atoms with van der Waals surface area (Å²) in [5.74, 6) is -0.180. The Labute approximate surface area is 119 Å². The SMILES string of the molecule is CNC(Cc1cc(F)ccc1C)c1c(C)nn(C)c1C. The molecule has 0 aliphatic heterocycles. The molecule has 0 spiro atoms. The molecule has 0 bridgehead atoms. The molecule has 0 radical (unpaired) electrons. The standard InChI is InChI=1S/C16H22FN3/c1-10-6-7-14(17)8-13(10)9-15(18-4)16-11(2)19-20(5)12(16)3/h6-8,15,18H,9H2,1-5H3. The van der Waals surface area contributed by atoms with Gasteiger partial charge in [0.05, 0.1) is 5.69 Å². The number of likely N-dealkylation sites (N-methyl/N-ethyl adjacent to an activating group) is 1. The van der Waals surface area contributed by atoms with Crippen molar-refractivity contribution in [2.24, 2.45) is 7.05 Å². The maximum atomic E-state index is 13.4. The van der Waals surface area contributed by atoms with Gasteiger partial charge < -0.3 is 5.32 Å². The summed E-state index contributed by atoms with van der Waals surface area (Å²) in [6.45, 7) is 6.10. The molecule has 108 valence electrons. The van der Waals surface area contributed by atoms with E-state index < -0.39 is 0 Å². The maximum absolute atomic E-state index is 13.4. The van der Waals surface area contributed by atoms with Crippen molar-refractivity contribution in [1.82, 2.24) is 15.1 Å². The molecule has 3 nitrogen and oxygen atoms in total. The molecule has 1 aromatic carbocycles. The average Bonchev–Trinajstić information content (AvgIpc) is 2.65. The number of aromatic nitrogens is 2. The summed E-state index contributed by atoms with van der Waals surface area (Å²) in [6.07, 6.45) is 0.757. The van der Waals surface area contributed by atoms with Gasteiger partial charge in [-0.25, -0.2) is 4.39 Å². The minimum atomic E-state index is -0.180. The van der Waals surface area contributed by atoms with E-state index in [4.69, 9.17) is 0 Å². The minimum Gasteiger partial charge on any atom is -0.313 e. The quantitative estimate of drug-likeness (QED) is 0.929. The van der Waals surface area contributed by atoms with E-state index in [1.54, 1.807) is 6.07 Å². The smallest absolute Gasteiger partial charge is 0.123 e. The van der Waals surface area contributed by atoms with Gasteiger partial charge in [0, 0.05) is 24.3 Å². The Bertz CT molecular complexity index is 616. The van der Waals surface area contributed by atoms with E-state index in [9.17, 15) is 4.39 Å². The highest BCUT2D eigenvalue weighted by atomic mass is 19.1. The third kappa shape index (κ3) is 2.75. The second-order valence-corrected chi connectivity index (χ2v) is 5.32. The summed E-state index contributed by atoms with van der Waals surface area (Å²) in [5.41, 5.74) is 5.53. The molecule has 1 heterocycles. The summed E-state index contributed by atoms with van der Waals surface area (Å²) >= 11 is 0. The van der Waals surface area contributed by atoms with Gasteiger partial charge in [-0.15, -0.1) is 0 Å². The average molecular weight is 275 g/mol. The van der Waals surface area contributed by atoms with Crippen LogP contribution in [0.15, 0.2) is 18.2 Å². The fraction of sp³-hybridized carbons (Fsp3) is 0.438. The number of halogens is 1. The second-order valence-electron chi connectivity index (χ2n) is 5.32. The first-order chi connectivity index (χ1) is 9.43. The maximum Gasteiger partial charge on any atom is 0.123 e. The van der Waals surface area contributed by atoms with Gasteiger partial charge in [-0.05, 0) is 57.5 Å². The molecule has 1 aromatic heterocycles. The molecule has 0 fully saturated rings. The van der Waals surface area contributed by atoms with Gasteiger partial charge in [0.1, 0.15) is 5.82 Å². The van der Waals surface area contributed by atoms with Crippen molar-refractivity contribution in [3.8, 4) is 0 Å². The Hall–Kier alpha value is -1.68. The van der Waals surface area contributed by atoms with Gasteiger partial charge in [0.25, 0.3) is 0 Å². The predicted molar refractivity (Wildman–Crippen MR) is 79.3 cm³/mol. The molecular formula is C16H22FN3. The van der Waals surface area contributed by atoms with Gasteiger partial charge in [-0.2, -0.15) is 5.10 Å². The molecule has 0 saturated heterocycles. The van der Waals surface area contributed by atoms with Gasteiger partial charge in [0.15, 0.2) is 0 Å². The highest BCUT2D eigenvalue weighted by Crippen LogP contribution is 2.25. The van der Waals surface area contributed by atoms with E-state index in [0.717, 1.165) is 28.9 Å². The number of aryl methyl sites for hydroxylation is 3. The van der Waals surface area contributed by atoms with E-state index in [0.29, 0.717) is 0 Å². The van der Waals surface area contributed by atoms with Crippen LogP contribution in [0.5, 0.6) is 0 Å². The lowest BCUT2D eigenvalue weighted by Crippen LogP contribution is -2.20. The highest BCUT2D eigenvalue weighted by Gasteiger charge is 2.20. The minimum absolute atomic E-state index is 0.143. The third-order valence-electron chi connectivity index (χ3n) is 4.00. The molecule has 1 N–H and O–H groups in total. The van der Waals surface area contributed by atoms with Crippen LogP contribution in [0.25, 0.3) is 0 Å². The molecule has 4 heteroatoms. The van der Waals surface area contributed by atoms with E-state index in [2.05, 4.69) is 17.3 Å². The van der Waals surface area contributed by atoms with Gasteiger partial charge in [-0.1, -0.05) is 6.07 Å². The van der Waals surface area contributed by atoms with E-state index in [-0.39, 0.29) is 11.9 Å². The van der Waals surface area contributed by atoms with Gasteiger partial charge in [0.2, 0.25) is 0 Å². The zero-order valence-corrected chi connectivity index (χ0v) is 12.8. The lowest BCUT2D eigenvalue weighted by atomic mass is 9.95. The molecule has 1 unspecified atom stereocenters. The molecule has 20 heavy (non-hydrogen) atoms. The largest absolute Gasteiger partial charge is 0.313 e. The number of nitrogens with one attached hydrogen (secondary N) is 1. The fourth-order valence-corrected chi connectivity index (χ4v) is 2.72. The number of benzene rings is 1. The summed E-state index contributed by atoms with van der Waals surface area (Å²) < 4.78 is 15.3. The monoisotopic (exact) mass is 275 g/mol. The van der Waals surface area contributed by atoms with Crippen molar-refractivity contribution < 1.29 is 4.39 Å². The Balaban J connectivity index is 2.36. The van der Waals surface area contributed by atoms with Crippen molar-refractivity contribution >= 4 is 0 Å². The Morgan fingerprint density at radius 1 is 1.30 bits per heavy atom. The summed E-state index contributed by atoms with van der Waals surface area (Å²) in [6, 6.07) is 5.11. The van der Waals surface area contributed by atoms with E-state index in [1.165, 1.54) is 11.6 Å². The van der Waals surface area contributed by atoms with Crippen LogP contribution in [-0.2, 0) is 13.5 Å². The topological polar surface area (TPSA) is 29.9 Å². The van der Waals surface area contributed by atoms with Crippen molar-refractivity contribution in [3.63, 3.8) is 0 Å². The number of nitrogens with zero attached hydrogens (tertiary/aromatic N) is 2.